The van der Waals surface area contributed by atoms with Crippen LogP contribution in [0.25, 0.3) is 11.1 Å². The Morgan fingerprint density at radius 2 is 1.96 bits per heavy atom. The Kier molecular flexibility index (Phi) is 4.96. The SMILES string of the molecule is C[C@@H](C(=O)NCCS(=O)(=O)N1CCCC1)n1c(=O)oc2ccccc21. The van der Waals surface area contributed by atoms with Crippen LogP contribution in [-0.2, 0) is 14.8 Å². The highest BCUT2D eigenvalue weighted by atomic mass is 32.2. The molecule has 1 N–H and O–H groups in total. The number of nitrogens with zero attached hydrogens (tertiary/aromatic N) is 2. The number of rotatable bonds is 6. The van der Waals surface area contributed by atoms with E-state index in [4.69, 9.17) is 4.42 Å². The first-order valence-electron chi connectivity index (χ1n) is 8.26. The summed E-state index contributed by atoms with van der Waals surface area (Å²) in [5, 5.41) is 2.60. The lowest BCUT2D eigenvalue weighted by Gasteiger charge is -2.17. The van der Waals surface area contributed by atoms with Crippen LogP contribution in [0.15, 0.2) is 33.5 Å². The highest BCUT2D eigenvalue weighted by Gasteiger charge is 2.26. The van der Waals surface area contributed by atoms with Gasteiger partial charge in [0.25, 0.3) is 0 Å². The summed E-state index contributed by atoms with van der Waals surface area (Å²) in [5.74, 6) is -1.19. The second-order valence-electron chi connectivity index (χ2n) is 6.09. The van der Waals surface area contributed by atoms with E-state index in [0.717, 1.165) is 12.8 Å². The van der Waals surface area contributed by atoms with Crippen molar-refractivity contribution in [3.05, 3.63) is 34.8 Å². The molecule has 1 aromatic carbocycles. The van der Waals surface area contributed by atoms with Crippen molar-refractivity contribution in [1.29, 1.82) is 0 Å². The van der Waals surface area contributed by atoms with Gasteiger partial charge in [-0.15, -0.1) is 0 Å². The fraction of sp³-hybridized carbons (Fsp3) is 0.500. The van der Waals surface area contributed by atoms with Gasteiger partial charge in [0, 0.05) is 19.6 Å². The van der Waals surface area contributed by atoms with Crippen molar-refractivity contribution in [2.75, 3.05) is 25.4 Å². The predicted molar refractivity (Wildman–Crippen MR) is 92.8 cm³/mol. The molecule has 9 heteroatoms. The zero-order valence-corrected chi connectivity index (χ0v) is 14.8. The maximum Gasteiger partial charge on any atom is 0.420 e. The van der Waals surface area contributed by atoms with Gasteiger partial charge in [-0.1, -0.05) is 12.1 Å². The van der Waals surface area contributed by atoms with Crippen molar-refractivity contribution in [2.45, 2.75) is 25.8 Å². The number of carbonyl (C=O) groups excluding carboxylic acids is 1. The quantitative estimate of drug-likeness (QED) is 0.810. The summed E-state index contributed by atoms with van der Waals surface area (Å²) in [5.41, 5.74) is 0.934. The first kappa shape index (κ1) is 17.7. The van der Waals surface area contributed by atoms with Gasteiger partial charge < -0.3 is 9.73 Å². The molecule has 25 heavy (non-hydrogen) atoms. The summed E-state index contributed by atoms with van der Waals surface area (Å²) in [7, 11) is -3.35. The van der Waals surface area contributed by atoms with Gasteiger partial charge in [0.1, 0.15) is 6.04 Å². The summed E-state index contributed by atoms with van der Waals surface area (Å²) in [6.45, 7) is 2.67. The molecule has 8 nitrogen and oxygen atoms in total. The van der Waals surface area contributed by atoms with Crippen LogP contribution in [0.4, 0.5) is 0 Å². The zero-order chi connectivity index (χ0) is 18.0. The normalized spacial score (nSPS) is 17.0. The molecule has 0 bridgehead atoms. The lowest BCUT2D eigenvalue weighted by atomic mass is 10.2. The molecule has 1 atom stereocenters. The van der Waals surface area contributed by atoms with Gasteiger partial charge in [-0.3, -0.25) is 9.36 Å². The Morgan fingerprint density at radius 3 is 2.68 bits per heavy atom. The molecule has 2 aromatic rings. The predicted octanol–water partition coefficient (Wildman–Crippen LogP) is 0.697. The largest absolute Gasteiger partial charge is 0.420 e. The summed E-state index contributed by atoms with van der Waals surface area (Å²) < 4.78 is 32.1. The molecule has 1 fully saturated rings. The number of amides is 1. The van der Waals surface area contributed by atoms with Gasteiger partial charge in [-0.2, -0.15) is 0 Å². The van der Waals surface area contributed by atoms with E-state index in [1.165, 1.54) is 8.87 Å². The van der Waals surface area contributed by atoms with Crippen LogP contribution in [0.3, 0.4) is 0 Å². The average Bonchev–Trinajstić information content (AvgIpc) is 3.21. The highest BCUT2D eigenvalue weighted by molar-refractivity contribution is 7.89. The molecule has 1 aliphatic rings. The van der Waals surface area contributed by atoms with E-state index in [1.807, 2.05) is 0 Å². The molecule has 1 aliphatic heterocycles. The van der Waals surface area contributed by atoms with Crippen molar-refractivity contribution in [1.82, 2.24) is 14.2 Å². The van der Waals surface area contributed by atoms with E-state index in [9.17, 15) is 18.0 Å². The molecule has 0 unspecified atom stereocenters. The maximum atomic E-state index is 12.3. The van der Waals surface area contributed by atoms with E-state index < -0.39 is 27.7 Å². The Balaban J connectivity index is 1.65. The van der Waals surface area contributed by atoms with Gasteiger partial charge in [0.05, 0.1) is 11.3 Å². The van der Waals surface area contributed by atoms with E-state index in [-0.39, 0.29) is 12.3 Å². The molecule has 3 rings (SSSR count). The third-order valence-electron chi connectivity index (χ3n) is 4.40. The number of hydrogen-bond acceptors (Lipinski definition) is 5. The van der Waals surface area contributed by atoms with Crippen molar-refractivity contribution in [2.24, 2.45) is 0 Å². The standard InChI is InChI=1S/C16H21N3O5S/c1-12(19-13-6-2-3-7-14(13)24-16(19)21)15(20)17-8-11-25(22,23)18-9-4-5-10-18/h2-3,6-7,12H,4-5,8-11H2,1H3,(H,17,20)/t12-/m0/s1. The molecule has 0 saturated carbocycles. The van der Waals surface area contributed by atoms with Gasteiger partial charge in [-0.05, 0) is 31.9 Å². The second-order valence-corrected chi connectivity index (χ2v) is 8.18. The summed E-state index contributed by atoms with van der Waals surface area (Å²) in [6.07, 6.45) is 1.75. The average molecular weight is 367 g/mol. The highest BCUT2D eigenvalue weighted by Crippen LogP contribution is 2.17. The Hall–Kier alpha value is -2.13. The monoisotopic (exact) mass is 367 g/mol. The molecule has 0 radical (unpaired) electrons. The minimum absolute atomic E-state index is 0.00649. The third-order valence-corrected chi connectivity index (χ3v) is 6.28. The first-order chi connectivity index (χ1) is 11.9. The zero-order valence-electron chi connectivity index (χ0n) is 14.0. The van der Waals surface area contributed by atoms with E-state index in [0.29, 0.717) is 24.2 Å². The Morgan fingerprint density at radius 1 is 1.28 bits per heavy atom. The molecule has 1 amide bonds. The molecule has 1 aromatic heterocycles. The summed E-state index contributed by atoms with van der Waals surface area (Å²) in [4.78, 5) is 24.3. The van der Waals surface area contributed by atoms with E-state index in [1.54, 1.807) is 31.2 Å². The number of benzene rings is 1. The number of para-hydroxylation sites is 2. The maximum absolute atomic E-state index is 12.3. The molecule has 1 saturated heterocycles. The first-order valence-corrected chi connectivity index (χ1v) is 9.87. The van der Waals surface area contributed by atoms with Crippen LogP contribution in [-0.4, -0.2) is 48.6 Å². The summed E-state index contributed by atoms with van der Waals surface area (Å²) in [6, 6.07) is 6.04. The number of sulfonamides is 1. The lowest BCUT2D eigenvalue weighted by molar-refractivity contribution is -0.123. The number of carbonyl (C=O) groups is 1. The van der Waals surface area contributed by atoms with Crippen LogP contribution in [0.5, 0.6) is 0 Å². The fourth-order valence-electron chi connectivity index (χ4n) is 3.01. The van der Waals surface area contributed by atoms with Crippen LogP contribution < -0.4 is 11.1 Å². The third kappa shape index (κ3) is 3.62. The molecule has 2 heterocycles. The molecular formula is C16H21N3O5S. The molecule has 0 aliphatic carbocycles. The van der Waals surface area contributed by atoms with Crippen molar-refractivity contribution < 1.29 is 17.6 Å². The van der Waals surface area contributed by atoms with Crippen LogP contribution in [0.2, 0.25) is 0 Å². The van der Waals surface area contributed by atoms with Crippen LogP contribution in [0.1, 0.15) is 25.8 Å². The smallest absolute Gasteiger partial charge is 0.408 e. The molecule has 0 spiro atoms. The summed E-state index contributed by atoms with van der Waals surface area (Å²) >= 11 is 0. The van der Waals surface area contributed by atoms with Crippen molar-refractivity contribution >= 4 is 27.0 Å². The van der Waals surface area contributed by atoms with Gasteiger partial charge in [-0.25, -0.2) is 17.5 Å². The van der Waals surface area contributed by atoms with Crippen LogP contribution >= 0.6 is 0 Å². The fourth-order valence-corrected chi connectivity index (χ4v) is 4.45. The lowest BCUT2D eigenvalue weighted by Crippen LogP contribution is -2.39. The Labute approximate surface area is 145 Å². The second kappa shape index (κ2) is 7.01. The van der Waals surface area contributed by atoms with Crippen molar-refractivity contribution in [3.8, 4) is 0 Å². The molecule has 136 valence electrons. The number of nitrogens with one attached hydrogen (secondary N) is 1. The topological polar surface area (TPSA) is 102 Å². The number of oxazole rings is 1. The van der Waals surface area contributed by atoms with E-state index in [2.05, 4.69) is 5.32 Å². The number of aromatic nitrogens is 1. The number of hydrogen-bond donors (Lipinski definition) is 1. The minimum Gasteiger partial charge on any atom is -0.408 e. The Bertz CT molecular complexity index is 925. The van der Waals surface area contributed by atoms with E-state index >= 15 is 0 Å². The van der Waals surface area contributed by atoms with Crippen LogP contribution in [0, 0.1) is 0 Å². The number of fused-ring (bicyclic) bond motifs is 1. The minimum atomic E-state index is -3.35. The van der Waals surface area contributed by atoms with Gasteiger partial charge in [0.15, 0.2) is 5.58 Å². The van der Waals surface area contributed by atoms with Gasteiger partial charge >= 0.3 is 5.76 Å². The van der Waals surface area contributed by atoms with Crippen molar-refractivity contribution in [3.63, 3.8) is 0 Å². The molecular weight excluding hydrogens is 346 g/mol. The van der Waals surface area contributed by atoms with Gasteiger partial charge in [0.2, 0.25) is 15.9 Å².